The topological polar surface area (TPSA) is 35.5 Å². The number of thiophene rings is 1. The summed E-state index contributed by atoms with van der Waals surface area (Å²) in [7, 11) is 3.26. The van der Waals surface area contributed by atoms with Crippen LogP contribution >= 0.6 is 11.3 Å². The molecule has 0 aliphatic heterocycles. The minimum Gasteiger partial charge on any atom is -0.497 e. The monoisotopic (exact) mass is 290 g/mol. The summed E-state index contributed by atoms with van der Waals surface area (Å²) in [6.45, 7) is 1.95. The zero-order valence-electron chi connectivity index (χ0n) is 11.9. The summed E-state index contributed by atoms with van der Waals surface area (Å²) in [6.07, 6.45) is 1.59. The fraction of sp³-hybridized carbons (Fsp3) is 0.312. The van der Waals surface area contributed by atoms with E-state index in [0.29, 0.717) is 6.42 Å². The van der Waals surface area contributed by atoms with Crippen LogP contribution in [0.3, 0.4) is 0 Å². The summed E-state index contributed by atoms with van der Waals surface area (Å²) in [5.41, 5.74) is 0.420. The molecule has 0 spiro atoms. The number of carbonyl (C=O) groups excluding carboxylic acids is 1. The molecule has 2 aromatic rings. The van der Waals surface area contributed by atoms with Crippen molar-refractivity contribution in [3.63, 3.8) is 0 Å². The van der Waals surface area contributed by atoms with Crippen LogP contribution in [-0.2, 0) is 16.6 Å². The largest absolute Gasteiger partial charge is 0.497 e. The first kappa shape index (κ1) is 14.6. The number of carbonyl (C=O) groups is 1. The first-order valence-electron chi connectivity index (χ1n) is 6.34. The molecule has 106 valence electrons. The van der Waals surface area contributed by atoms with Gasteiger partial charge in [-0.3, -0.25) is 0 Å². The molecule has 0 N–H and O–H groups in total. The summed E-state index contributed by atoms with van der Waals surface area (Å²) in [4.78, 5) is 12.7. The molecule has 0 aliphatic rings. The third-order valence-electron chi connectivity index (χ3n) is 3.39. The maximum absolute atomic E-state index is 11.6. The molecule has 2 rings (SSSR count). The number of hydrogen-bond donors (Lipinski definition) is 0. The van der Waals surface area contributed by atoms with Crippen molar-refractivity contribution >= 4 is 17.6 Å². The van der Waals surface area contributed by atoms with Crippen LogP contribution in [-0.4, -0.2) is 20.5 Å². The van der Waals surface area contributed by atoms with Gasteiger partial charge in [-0.1, -0.05) is 6.07 Å². The lowest BCUT2D eigenvalue weighted by atomic mass is 9.83. The fourth-order valence-electron chi connectivity index (χ4n) is 2.21. The van der Waals surface area contributed by atoms with Crippen molar-refractivity contribution in [3.05, 3.63) is 46.2 Å². The van der Waals surface area contributed by atoms with Crippen LogP contribution in [0.15, 0.2) is 35.7 Å². The number of rotatable bonds is 6. The molecule has 0 amide bonds. The number of ether oxygens (including phenoxy) is 2. The van der Waals surface area contributed by atoms with Gasteiger partial charge in [-0.2, -0.15) is 0 Å². The van der Waals surface area contributed by atoms with E-state index < -0.39 is 5.41 Å². The van der Waals surface area contributed by atoms with E-state index in [1.165, 1.54) is 0 Å². The van der Waals surface area contributed by atoms with Crippen LogP contribution in [0.2, 0.25) is 0 Å². The molecule has 3 nitrogen and oxygen atoms in total. The Bertz CT molecular complexity index is 577. The lowest BCUT2D eigenvalue weighted by molar-refractivity contribution is -0.112. The van der Waals surface area contributed by atoms with Crippen molar-refractivity contribution in [3.8, 4) is 11.5 Å². The molecule has 0 saturated heterocycles. The number of hydrogen-bond acceptors (Lipinski definition) is 4. The van der Waals surface area contributed by atoms with Gasteiger partial charge >= 0.3 is 0 Å². The number of aldehydes is 1. The van der Waals surface area contributed by atoms with E-state index in [-0.39, 0.29) is 0 Å². The van der Waals surface area contributed by atoms with E-state index in [2.05, 4.69) is 0 Å². The molecule has 0 saturated carbocycles. The van der Waals surface area contributed by atoms with E-state index in [9.17, 15) is 4.79 Å². The Morgan fingerprint density at radius 3 is 2.60 bits per heavy atom. The molecule has 0 radical (unpaired) electrons. The molecule has 1 aromatic carbocycles. The average Bonchev–Trinajstić information content (AvgIpc) is 3.02. The van der Waals surface area contributed by atoms with Gasteiger partial charge in [-0.15, -0.1) is 11.3 Å². The Labute approximate surface area is 123 Å². The van der Waals surface area contributed by atoms with E-state index in [0.717, 1.165) is 28.2 Å². The number of benzene rings is 1. The quantitative estimate of drug-likeness (QED) is 0.764. The Hall–Kier alpha value is -1.81. The molecule has 20 heavy (non-hydrogen) atoms. The van der Waals surface area contributed by atoms with Gasteiger partial charge in [0.1, 0.15) is 17.8 Å². The van der Waals surface area contributed by atoms with Gasteiger partial charge in [0.15, 0.2) is 0 Å². The zero-order valence-corrected chi connectivity index (χ0v) is 12.7. The lowest BCUT2D eigenvalue weighted by Crippen LogP contribution is -2.25. The minimum atomic E-state index is -0.548. The normalized spacial score (nSPS) is 13.6. The molecule has 0 fully saturated rings. The van der Waals surface area contributed by atoms with Crippen LogP contribution in [0.25, 0.3) is 0 Å². The van der Waals surface area contributed by atoms with Crippen molar-refractivity contribution in [2.45, 2.75) is 18.8 Å². The third kappa shape index (κ3) is 2.85. The second-order valence-electron chi connectivity index (χ2n) is 4.87. The standard InChI is InChI=1S/C16H18O3S/c1-16(11-17,15-5-4-8-20-15)10-12-9-13(18-2)6-7-14(12)19-3/h4-9,11H,10H2,1-3H3. The highest BCUT2D eigenvalue weighted by Gasteiger charge is 2.29. The van der Waals surface area contributed by atoms with E-state index in [1.807, 2.05) is 42.6 Å². The van der Waals surface area contributed by atoms with Gasteiger partial charge in [0.05, 0.1) is 19.6 Å². The van der Waals surface area contributed by atoms with E-state index in [4.69, 9.17) is 9.47 Å². The van der Waals surface area contributed by atoms with Crippen molar-refractivity contribution in [1.29, 1.82) is 0 Å². The summed E-state index contributed by atoms with van der Waals surface area (Å²) in [6, 6.07) is 9.60. The fourth-order valence-corrected chi connectivity index (χ4v) is 3.06. The predicted molar refractivity (Wildman–Crippen MR) is 81.0 cm³/mol. The summed E-state index contributed by atoms with van der Waals surface area (Å²) in [5.74, 6) is 1.54. The Morgan fingerprint density at radius 2 is 2.05 bits per heavy atom. The molecule has 1 aromatic heterocycles. The summed E-state index contributed by atoms with van der Waals surface area (Å²) >= 11 is 1.59. The molecular formula is C16H18O3S. The molecule has 1 heterocycles. The van der Waals surface area contributed by atoms with Gasteiger partial charge in [0, 0.05) is 4.88 Å². The molecule has 1 unspecified atom stereocenters. The smallest absolute Gasteiger partial charge is 0.131 e. The molecule has 0 aliphatic carbocycles. The first-order chi connectivity index (χ1) is 9.62. The highest BCUT2D eigenvalue weighted by Crippen LogP contribution is 2.34. The predicted octanol–water partition coefficient (Wildman–Crippen LogP) is 3.46. The first-order valence-corrected chi connectivity index (χ1v) is 7.22. The maximum atomic E-state index is 11.6. The Balaban J connectivity index is 2.38. The van der Waals surface area contributed by atoms with Gasteiger partial charge < -0.3 is 14.3 Å². The van der Waals surface area contributed by atoms with Crippen LogP contribution < -0.4 is 9.47 Å². The van der Waals surface area contributed by atoms with Gasteiger partial charge in [-0.05, 0) is 48.6 Å². The minimum absolute atomic E-state index is 0.548. The molecule has 4 heteroatoms. The highest BCUT2D eigenvalue weighted by atomic mass is 32.1. The Morgan fingerprint density at radius 1 is 1.25 bits per heavy atom. The third-order valence-corrected chi connectivity index (χ3v) is 4.54. The van der Waals surface area contributed by atoms with Crippen molar-refractivity contribution in [2.75, 3.05) is 14.2 Å². The van der Waals surface area contributed by atoms with Gasteiger partial charge in [0.2, 0.25) is 0 Å². The second-order valence-corrected chi connectivity index (χ2v) is 5.81. The second kappa shape index (κ2) is 6.09. The highest BCUT2D eigenvalue weighted by molar-refractivity contribution is 7.10. The lowest BCUT2D eigenvalue weighted by Gasteiger charge is -2.23. The van der Waals surface area contributed by atoms with Crippen molar-refractivity contribution in [1.82, 2.24) is 0 Å². The Kier molecular flexibility index (Phi) is 4.45. The molecule has 0 bridgehead atoms. The van der Waals surface area contributed by atoms with Gasteiger partial charge in [-0.25, -0.2) is 0 Å². The van der Waals surface area contributed by atoms with E-state index in [1.54, 1.807) is 25.6 Å². The van der Waals surface area contributed by atoms with Gasteiger partial charge in [0.25, 0.3) is 0 Å². The van der Waals surface area contributed by atoms with Crippen molar-refractivity contribution < 1.29 is 14.3 Å². The summed E-state index contributed by atoms with van der Waals surface area (Å²) in [5, 5.41) is 1.99. The maximum Gasteiger partial charge on any atom is 0.131 e. The zero-order chi connectivity index (χ0) is 14.6. The molecular weight excluding hydrogens is 272 g/mol. The van der Waals surface area contributed by atoms with E-state index >= 15 is 0 Å². The SMILES string of the molecule is COc1ccc(OC)c(CC(C)(C=O)c2cccs2)c1. The summed E-state index contributed by atoms with van der Waals surface area (Å²) < 4.78 is 10.6. The van der Waals surface area contributed by atoms with Crippen LogP contribution in [0.1, 0.15) is 17.4 Å². The number of methoxy groups -OCH3 is 2. The van der Waals surface area contributed by atoms with Crippen LogP contribution in [0, 0.1) is 0 Å². The van der Waals surface area contributed by atoms with Crippen LogP contribution in [0.5, 0.6) is 11.5 Å². The molecule has 1 atom stereocenters. The average molecular weight is 290 g/mol. The van der Waals surface area contributed by atoms with Crippen molar-refractivity contribution in [2.24, 2.45) is 0 Å². The van der Waals surface area contributed by atoms with Crippen LogP contribution in [0.4, 0.5) is 0 Å².